The first kappa shape index (κ1) is 23.1. The van der Waals surface area contributed by atoms with Crippen molar-refractivity contribution in [2.24, 2.45) is 0 Å². The van der Waals surface area contributed by atoms with Crippen molar-refractivity contribution < 1.29 is 17.8 Å². The van der Waals surface area contributed by atoms with Gasteiger partial charge in [-0.05, 0) is 12.5 Å². The quantitative estimate of drug-likeness (QED) is 0.245. The van der Waals surface area contributed by atoms with Gasteiger partial charge >= 0.3 is 0 Å². The molecule has 0 heterocycles. The van der Waals surface area contributed by atoms with Gasteiger partial charge in [-0.1, -0.05) is 84.1 Å². The minimum Gasteiger partial charge on any atom is -0.349 e. The largest absolute Gasteiger partial charge is 0.349 e. The van der Waals surface area contributed by atoms with Gasteiger partial charge in [0, 0.05) is 6.04 Å². The van der Waals surface area contributed by atoms with E-state index in [4.69, 9.17) is 4.55 Å². The van der Waals surface area contributed by atoms with E-state index in [-0.39, 0.29) is 0 Å². The zero-order chi connectivity index (χ0) is 18.3. The van der Waals surface area contributed by atoms with Crippen molar-refractivity contribution in [2.75, 3.05) is 5.75 Å². The van der Waals surface area contributed by atoms with E-state index in [0.717, 1.165) is 25.3 Å². The van der Waals surface area contributed by atoms with Crippen LogP contribution in [0.25, 0.3) is 0 Å². The van der Waals surface area contributed by atoms with E-state index in [1.807, 2.05) is 0 Å². The first-order valence-corrected chi connectivity index (χ1v) is 10.9. The molecule has 1 unspecified atom stereocenters. The van der Waals surface area contributed by atoms with E-state index >= 15 is 0 Å². The van der Waals surface area contributed by atoms with E-state index in [1.165, 1.54) is 51.4 Å². The molecule has 0 aliphatic heterocycles. The third-order valence-corrected chi connectivity index (χ3v) is 4.92. The first-order valence-electron chi connectivity index (χ1n) is 9.27. The summed E-state index contributed by atoms with van der Waals surface area (Å²) in [6, 6.07) is -0.552. The summed E-state index contributed by atoms with van der Waals surface area (Å²) in [6.07, 6.45) is 15.0. The average Bonchev–Trinajstić information content (AvgIpc) is 2.50. The van der Waals surface area contributed by atoms with Crippen LogP contribution >= 0.6 is 0 Å². The van der Waals surface area contributed by atoms with E-state index in [9.17, 15) is 13.2 Å². The Morgan fingerprint density at radius 3 is 1.88 bits per heavy atom. The molecule has 2 N–H and O–H groups in total. The van der Waals surface area contributed by atoms with Crippen molar-refractivity contribution >= 4 is 16.0 Å². The first-order chi connectivity index (χ1) is 11.4. The van der Waals surface area contributed by atoms with E-state index in [2.05, 4.69) is 18.8 Å². The summed E-state index contributed by atoms with van der Waals surface area (Å²) in [6.45, 7) is 5.57. The summed E-state index contributed by atoms with van der Waals surface area (Å²) < 4.78 is 30.9. The Hall–Kier alpha value is -0.880. The standard InChI is InChI=1S/C18H35NO4S/c1-3-5-6-7-8-9-10-11-12-13-14-15-17(16-24(21,22)23)19-18(20)4-2/h4,17H,2-3,5-16H2,1H3,(H,19,20)(H,21,22,23). The van der Waals surface area contributed by atoms with Crippen molar-refractivity contribution in [3.63, 3.8) is 0 Å². The highest BCUT2D eigenvalue weighted by molar-refractivity contribution is 7.85. The number of amides is 1. The van der Waals surface area contributed by atoms with Crippen LogP contribution in [0.1, 0.15) is 84.0 Å². The van der Waals surface area contributed by atoms with Crippen LogP contribution in [0, 0.1) is 0 Å². The van der Waals surface area contributed by atoms with Gasteiger partial charge in [-0.15, -0.1) is 0 Å². The van der Waals surface area contributed by atoms with Crippen LogP contribution in [0.15, 0.2) is 12.7 Å². The van der Waals surface area contributed by atoms with Crippen LogP contribution in [0.3, 0.4) is 0 Å². The van der Waals surface area contributed by atoms with Crippen molar-refractivity contribution in [3.05, 3.63) is 12.7 Å². The molecule has 0 aliphatic rings. The van der Waals surface area contributed by atoms with E-state index in [0.29, 0.717) is 6.42 Å². The Morgan fingerprint density at radius 2 is 1.46 bits per heavy atom. The number of hydrogen-bond acceptors (Lipinski definition) is 3. The van der Waals surface area contributed by atoms with Crippen molar-refractivity contribution in [2.45, 2.75) is 90.0 Å². The van der Waals surface area contributed by atoms with Crippen LogP contribution in [0.4, 0.5) is 0 Å². The molecular formula is C18H35NO4S. The van der Waals surface area contributed by atoms with Crippen LogP contribution in [0.5, 0.6) is 0 Å². The maximum Gasteiger partial charge on any atom is 0.266 e. The maximum atomic E-state index is 11.3. The topological polar surface area (TPSA) is 83.5 Å². The van der Waals surface area contributed by atoms with E-state index in [1.54, 1.807) is 0 Å². The maximum absolute atomic E-state index is 11.3. The number of rotatable bonds is 16. The normalized spacial score (nSPS) is 12.8. The fraction of sp³-hybridized carbons (Fsp3) is 0.833. The molecule has 0 bridgehead atoms. The van der Waals surface area contributed by atoms with Gasteiger partial charge < -0.3 is 5.32 Å². The zero-order valence-electron chi connectivity index (χ0n) is 15.1. The number of nitrogens with one attached hydrogen (secondary N) is 1. The summed E-state index contributed by atoms with van der Waals surface area (Å²) in [5, 5.41) is 2.56. The Labute approximate surface area is 148 Å². The molecule has 0 spiro atoms. The molecule has 5 nitrogen and oxygen atoms in total. The number of carbonyl (C=O) groups excluding carboxylic acids is 1. The monoisotopic (exact) mass is 361 g/mol. The van der Waals surface area contributed by atoms with Crippen LogP contribution in [0.2, 0.25) is 0 Å². The highest BCUT2D eigenvalue weighted by Gasteiger charge is 2.17. The number of unbranched alkanes of at least 4 members (excludes halogenated alkanes) is 10. The lowest BCUT2D eigenvalue weighted by atomic mass is 10.0. The second-order valence-corrected chi connectivity index (χ2v) is 7.98. The Kier molecular flexibility index (Phi) is 13.9. The fourth-order valence-corrected chi connectivity index (χ4v) is 3.52. The average molecular weight is 362 g/mol. The predicted molar refractivity (Wildman–Crippen MR) is 99.6 cm³/mol. The Bertz CT molecular complexity index is 434. The second-order valence-electron chi connectivity index (χ2n) is 6.48. The molecule has 0 aromatic heterocycles. The summed E-state index contributed by atoms with van der Waals surface area (Å²) in [7, 11) is -4.09. The van der Waals surface area contributed by atoms with E-state index < -0.39 is 27.8 Å². The number of hydrogen-bond donors (Lipinski definition) is 2. The van der Waals surface area contributed by atoms with Gasteiger partial charge in [0.05, 0.1) is 5.75 Å². The van der Waals surface area contributed by atoms with Gasteiger partial charge in [-0.2, -0.15) is 8.42 Å². The van der Waals surface area contributed by atoms with Gasteiger partial charge in [-0.25, -0.2) is 0 Å². The molecule has 1 atom stereocenters. The van der Waals surface area contributed by atoms with Gasteiger partial charge in [-0.3, -0.25) is 9.35 Å². The molecule has 0 aromatic carbocycles. The second kappa shape index (κ2) is 14.5. The Balaban J connectivity index is 3.72. The lowest BCUT2D eigenvalue weighted by Crippen LogP contribution is -2.38. The lowest BCUT2D eigenvalue weighted by molar-refractivity contribution is -0.117. The van der Waals surface area contributed by atoms with Gasteiger partial charge in [0.1, 0.15) is 0 Å². The van der Waals surface area contributed by atoms with Crippen LogP contribution < -0.4 is 5.32 Å². The highest BCUT2D eigenvalue weighted by Crippen LogP contribution is 2.13. The molecule has 0 saturated heterocycles. The molecule has 0 saturated carbocycles. The van der Waals surface area contributed by atoms with Crippen molar-refractivity contribution in [3.8, 4) is 0 Å². The molecular weight excluding hydrogens is 326 g/mol. The molecule has 0 rings (SSSR count). The molecule has 0 fully saturated rings. The molecule has 0 aliphatic carbocycles. The molecule has 6 heteroatoms. The van der Waals surface area contributed by atoms with Crippen LogP contribution in [-0.4, -0.2) is 30.7 Å². The predicted octanol–water partition coefficient (Wildman–Crippen LogP) is 4.25. The SMILES string of the molecule is C=CC(=O)NC(CCCCCCCCCCCCC)CS(=O)(=O)O. The molecule has 24 heavy (non-hydrogen) atoms. The van der Waals surface area contributed by atoms with Crippen LogP contribution in [-0.2, 0) is 14.9 Å². The summed E-state index contributed by atoms with van der Waals surface area (Å²) in [5.41, 5.74) is 0. The summed E-state index contributed by atoms with van der Waals surface area (Å²) in [5.74, 6) is -0.851. The molecule has 142 valence electrons. The summed E-state index contributed by atoms with van der Waals surface area (Å²) in [4.78, 5) is 11.3. The minimum atomic E-state index is -4.09. The molecule has 1 amide bonds. The minimum absolute atomic E-state index is 0.410. The van der Waals surface area contributed by atoms with Crippen molar-refractivity contribution in [1.82, 2.24) is 5.32 Å². The Morgan fingerprint density at radius 1 is 1.00 bits per heavy atom. The fourth-order valence-electron chi connectivity index (χ4n) is 2.77. The molecule has 0 radical (unpaired) electrons. The summed E-state index contributed by atoms with van der Waals surface area (Å²) >= 11 is 0. The van der Waals surface area contributed by atoms with Gasteiger partial charge in [0.15, 0.2) is 0 Å². The highest BCUT2D eigenvalue weighted by atomic mass is 32.2. The van der Waals surface area contributed by atoms with Gasteiger partial charge in [0.2, 0.25) is 5.91 Å². The lowest BCUT2D eigenvalue weighted by Gasteiger charge is -2.16. The van der Waals surface area contributed by atoms with Gasteiger partial charge in [0.25, 0.3) is 10.1 Å². The zero-order valence-corrected chi connectivity index (χ0v) is 16.0. The van der Waals surface area contributed by atoms with Crippen molar-refractivity contribution in [1.29, 1.82) is 0 Å². The third kappa shape index (κ3) is 16.0. The smallest absolute Gasteiger partial charge is 0.266 e. The third-order valence-electron chi connectivity index (χ3n) is 4.10. The number of carbonyl (C=O) groups is 1. The molecule has 0 aromatic rings.